The highest BCUT2D eigenvalue weighted by atomic mass is 32.1. The minimum absolute atomic E-state index is 0.411. The van der Waals surface area contributed by atoms with Crippen molar-refractivity contribution in [2.75, 3.05) is 14.1 Å². The summed E-state index contributed by atoms with van der Waals surface area (Å²) in [5, 5.41) is 12.4. The summed E-state index contributed by atoms with van der Waals surface area (Å²) in [6.45, 7) is 0.554. The molecule has 1 rings (SSSR count). The van der Waals surface area contributed by atoms with E-state index in [1.807, 2.05) is 20.2 Å². The van der Waals surface area contributed by atoms with E-state index in [0.29, 0.717) is 11.4 Å². The smallest absolute Gasteiger partial charge is 0.346 e. The van der Waals surface area contributed by atoms with Gasteiger partial charge in [0.25, 0.3) is 0 Å². The van der Waals surface area contributed by atoms with Gasteiger partial charge in [0, 0.05) is 20.6 Å². The Bertz CT molecular complexity index is 296. The van der Waals surface area contributed by atoms with E-state index < -0.39 is 5.97 Å². The Morgan fingerprint density at radius 1 is 1.69 bits per heavy atom. The predicted molar refractivity (Wildman–Crippen MR) is 51.8 cm³/mol. The Balaban J connectivity index is 2.65. The lowest BCUT2D eigenvalue weighted by Crippen LogP contribution is -2.29. The van der Waals surface area contributed by atoms with Crippen molar-refractivity contribution < 1.29 is 9.90 Å². The molecule has 13 heavy (non-hydrogen) atoms. The first-order chi connectivity index (χ1) is 6.11. The third-order valence-corrected chi connectivity index (χ3v) is 2.47. The molecule has 1 aromatic heterocycles. The van der Waals surface area contributed by atoms with Gasteiger partial charge < -0.3 is 5.11 Å². The number of thiophene rings is 1. The summed E-state index contributed by atoms with van der Waals surface area (Å²) in [5.74, 6) is -0.856. The van der Waals surface area contributed by atoms with Crippen LogP contribution in [-0.2, 0) is 6.54 Å². The van der Waals surface area contributed by atoms with Gasteiger partial charge in [-0.15, -0.1) is 11.3 Å². The molecular weight excluding hydrogens is 188 g/mol. The number of carbonyl (C=O) groups is 1. The minimum Gasteiger partial charge on any atom is -0.477 e. The molecule has 0 saturated heterocycles. The second-order valence-corrected chi connectivity index (χ2v) is 3.73. The molecule has 2 N–H and O–H groups in total. The second-order valence-electron chi connectivity index (χ2n) is 2.81. The maximum atomic E-state index is 10.7. The van der Waals surface area contributed by atoms with Crippen LogP contribution in [0.1, 0.15) is 15.2 Å². The highest BCUT2D eigenvalue weighted by Crippen LogP contribution is 2.16. The van der Waals surface area contributed by atoms with Crippen molar-refractivity contribution >= 4 is 17.3 Å². The van der Waals surface area contributed by atoms with Gasteiger partial charge in [0.2, 0.25) is 0 Å². The maximum Gasteiger partial charge on any atom is 0.346 e. The molecule has 0 aliphatic rings. The molecule has 72 valence electrons. The summed E-state index contributed by atoms with van der Waals surface area (Å²) >= 11 is 1.25. The van der Waals surface area contributed by atoms with E-state index in [9.17, 15) is 4.79 Å². The Labute approximate surface area is 80.8 Å². The molecule has 1 heterocycles. The SMILES string of the molecule is CN(C)NCc1ccsc1C(=O)O. The van der Waals surface area contributed by atoms with E-state index >= 15 is 0 Å². The van der Waals surface area contributed by atoms with Crippen molar-refractivity contribution in [1.29, 1.82) is 0 Å². The number of carboxylic acids is 1. The van der Waals surface area contributed by atoms with Crippen molar-refractivity contribution in [3.05, 3.63) is 21.9 Å². The van der Waals surface area contributed by atoms with Crippen LogP contribution in [-0.4, -0.2) is 30.2 Å². The molecule has 0 aromatic carbocycles. The molecule has 1 aromatic rings. The summed E-state index contributed by atoms with van der Waals surface area (Å²) in [4.78, 5) is 11.1. The lowest BCUT2D eigenvalue weighted by atomic mass is 10.2. The Morgan fingerprint density at radius 2 is 2.38 bits per heavy atom. The second kappa shape index (κ2) is 4.36. The topological polar surface area (TPSA) is 52.6 Å². The zero-order valence-electron chi connectivity index (χ0n) is 7.57. The normalized spacial score (nSPS) is 10.7. The van der Waals surface area contributed by atoms with Gasteiger partial charge in [-0.05, 0) is 17.0 Å². The molecule has 0 fully saturated rings. The summed E-state index contributed by atoms with van der Waals surface area (Å²) < 4.78 is 0. The van der Waals surface area contributed by atoms with Crippen LogP contribution in [0.3, 0.4) is 0 Å². The molecule has 0 spiro atoms. The zero-order chi connectivity index (χ0) is 9.84. The summed E-state index contributed by atoms with van der Waals surface area (Å²) in [6, 6.07) is 1.82. The molecule has 0 amide bonds. The van der Waals surface area contributed by atoms with Gasteiger partial charge in [0.1, 0.15) is 4.88 Å². The van der Waals surface area contributed by atoms with Crippen LogP contribution in [0.4, 0.5) is 0 Å². The number of hydrogen-bond acceptors (Lipinski definition) is 4. The lowest BCUT2D eigenvalue weighted by molar-refractivity contribution is 0.0700. The maximum absolute atomic E-state index is 10.7. The lowest BCUT2D eigenvalue weighted by Gasteiger charge is -2.10. The fraction of sp³-hybridized carbons (Fsp3) is 0.375. The van der Waals surface area contributed by atoms with Crippen molar-refractivity contribution in [2.45, 2.75) is 6.54 Å². The molecule has 0 unspecified atom stereocenters. The van der Waals surface area contributed by atoms with E-state index in [2.05, 4.69) is 5.43 Å². The van der Waals surface area contributed by atoms with Gasteiger partial charge in [-0.1, -0.05) is 0 Å². The van der Waals surface area contributed by atoms with Crippen molar-refractivity contribution in [3.8, 4) is 0 Å². The largest absolute Gasteiger partial charge is 0.477 e. The van der Waals surface area contributed by atoms with Crippen LogP contribution >= 0.6 is 11.3 Å². The minimum atomic E-state index is -0.856. The monoisotopic (exact) mass is 200 g/mol. The third-order valence-electron chi connectivity index (χ3n) is 1.53. The van der Waals surface area contributed by atoms with Crippen LogP contribution in [0.5, 0.6) is 0 Å². The van der Waals surface area contributed by atoms with E-state index in [1.54, 1.807) is 10.4 Å². The van der Waals surface area contributed by atoms with Gasteiger partial charge in [-0.3, -0.25) is 10.4 Å². The van der Waals surface area contributed by atoms with Crippen LogP contribution in [0, 0.1) is 0 Å². The van der Waals surface area contributed by atoms with Gasteiger partial charge in [0.15, 0.2) is 0 Å². The van der Waals surface area contributed by atoms with E-state index in [-0.39, 0.29) is 0 Å². The summed E-state index contributed by atoms with van der Waals surface area (Å²) in [7, 11) is 3.74. The van der Waals surface area contributed by atoms with E-state index in [1.165, 1.54) is 11.3 Å². The first-order valence-electron chi connectivity index (χ1n) is 3.81. The third kappa shape index (κ3) is 2.80. The molecular formula is C8H12N2O2S. The van der Waals surface area contributed by atoms with E-state index in [0.717, 1.165) is 5.56 Å². The van der Waals surface area contributed by atoms with Crippen molar-refractivity contribution in [1.82, 2.24) is 10.4 Å². The number of nitrogens with zero attached hydrogens (tertiary/aromatic N) is 1. The standard InChI is InChI=1S/C8H12N2O2S/c1-10(2)9-5-6-3-4-13-7(6)8(11)12/h3-4,9H,5H2,1-2H3,(H,11,12). The summed E-state index contributed by atoms with van der Waals surface area (Å²) in [6.07, 6.45) is 0. The molecule has 0 atom stereocenters. The first kappa shape index (κ1) is 10.2. The van der Waals surface area contributed by atoms with Gasteiger partial charge in [-0.25, -0.2) is 4.79 Å². The fourth-order valence-corrected chi connectivity index (χ4v) is 1.67. The van der Waals surface area contributed by atoms with Crippen molar-refractivity contribution in [2.24, 2.45) is 0 Å². The van der Waals surface area contributed by atoms with Gasteiger partial charge in [-0.2, -0.15) is 0 Å². The highest BCUT2D eigenvalue weighted by Gasteiger charge is 2.10. The number of aromatic carboxylic acids is 1. The molecule has 5 heteroatoms. The van der Waals surface area contributed by atoms with Crippen LogP contribution in [0.25, 0.3) is 0 Å². The number of nitrogens with one attached hydrogen (secondary N) is 1. The number of hydrazine groups is 1. The predicted octanol–water partition coefficient (Wildman–Crippen LogP) is 1.01. The number of carboxylic acid groups (broad SMARTS) is 1. The van der Waals surface area contributed by atoms with E-state index in [4.69, 9.17) is 5.11 Å². The average Bonchev–Trinajstić information content (AvgIpc) is 2.47. The number of rotatable bonds is 4. The van der Waals surface area contributed by atoms with Crippen LogP contribution in [0.15, 0.2) is 11.4 Å². The first-order valence-corrected chi connectivity index (χ1v) is 4.69. The molecule has 0 radical (unpaired) electrons. The van der Waals surface area contributed by atoms with Gasteiger partial charge in [0.05, 0.1) is 0 Å². The zero-order valence-corrected chi connectivity index (χ0v) is 8.39. The quantitative estimate of drug-likeness (QED) is 0.712. The highest BCUT2D eigenvalue weighted by molar-refractivity contribution is 7.12. The Morgan fingerprint density at radius 3 is 2.92 bits per heavy atom. The van der Waals surface area contributed by atoms with Gasteiger partial charge >= 0.3 is 5.97 Å². The van der Waals surface area contributed by atoms with Crippen LogP contribution < -0.4 is 5.43 Å². The van der Waals surface area contributed by atoms with Crippen LogP contribution in [0.2, 0.25) is 0 Å². The van der Waals surface area contributed by atoms with Crippen molar-refractivity contribution in [3.63, 3.8) is 0 Å². The molecule has 0 aliphatic carbocycles. The Hall–Kier alpha value is -0.910. The average molecular weight is 200 g/mol. The molecule has 0 aliphatic heterocycles. The molecule has 0 bridgehead atoms. The number of hydrogen-bond donors (Lipinski definition) is 2. The fourth-order valence-electron chi connectivity index (χ4n) is 0.906. The molecule has 4 nitrogen and oxygen atoms in total. The summed E-state index contributed by atoms with van der Waals surface area (Å²) in [5.41, 5.74) is 3.85. The molecule has 0 saturated carbocycles. The Kier molecular flexibility index (Phi) is 3.41.